The van der Waals surface area contributed by atoms with Crippen LogP contribution in [-0.4, -0.2) is 24.9 Å². The fourth-order valence-corrected chi connectivity index (χ4v) is 2.06. The van der Waals surface area contributed by atoms with E-state index >= 15 is 0 Å². The maximum absolute atomic E-state index is 10.1. The molecule has 0 aromatic carbocycles. The second-order valence-electron chi connectivity index (χ2n) is 4.02. The Morgan fingerprint density at radius 2 is 2.28 bits per heavy atom. The van der Waals surface area contributed by atoms with Crippen molar-refractivity contribution in [3.05, 3.63) is 40.7 Å². The molecular formula is C12H15ClN4O. The van der Waals surface area contributed by atoms with Gasteiger partial charge in [0.15, 0.2) is 0 Å². The second kappa shape index (κ2) is 5.46. The predicted octanol–water partition coefficient (Wildman–Crippen LogP) is 1.93. The summed E-state index contributed by atoms with van der Waals surface area (Å²) in [6.45, 7) is 4.57. The van der Waals surface area contributed by atoms with Gasteiger partial charge in [0.1, 0.15) is 12.4 Å². The van der Waals surface area contributed by atoms with Crippen LogP contribution in [-0.2, 0) is 13.0 Å². The van der Waals surface area contributed by atoms with Crippen LogP contribution in [0.3, 0.4) is 0 Å². The zero-order valence-electron chi connectivity index (χ0n) is 10.3. The van der Waals surface area contributed by atoms with E-state index in [1.165, 1.54) is 6.33 Å². The molecule has 18 heavy (non-hydrogen) atoms. The van der Waals surface area contributed by atoms with E-state index in [4.69, 9.17) is 11.6 Å². The number of aliphatic hydroxyl groups excluding tert-OH is 1. The topological polar surface area (TPSA) is 63.8 Å². The van der Waals surface area contributed by atoms with E-state index in [9.17, 15) is 5.11 Å². The van der Waals surface area contributed by atoms with Crippen LogP contribution in [0, 0.1) is 6.92 Å². The zero-order chi connectivity index (χ0) is 13.1. The molecule has 0 saturated heterocycles. The normalized spacial score (nSPS) is 12.7. The van der Waals surface area contributed by atoms with E-state index < -0.39 is 6.10 Å². The number of aromatic nitrogens is 4. The van der Waals surface area contributed by atoms with Crippen LogP contribution in [0.5, 0.6) is 0 Å². The van der Waals surface area contributed by atoms with Crippen LogP contribution in [0.4, 0.5) is 0 Å². The van der Waals surface area contributed by atoms with E-state index in [-0.39, 0.29) is 0 Å². The van der Waals surface area contributed by atoms with Gasteiger partial charge in [0.25, 0.3) is 0 Å². The largest absolute Gasteiger partial charge is 0.386 e. The summed E-state index contributed by atoms with van der Waals surface area (Å²) in [6.07, 6.45) is 2.72. The smallest absolute Gasteiger partial charge is 0.115 e. The van der Waals surface area contributed by atoms with Crippen molar-refractivity contribution in [2.75, 3.05) is 0 Å². The Labute approximate surface area is 110 Å². The van der Waals surface area contributed by atoms with Crippen molar-refractivity contribution in [2.24, 2.45) is 0 Å². The molecule has 0 amide bonds. The van der Waals surface area contributed by atoms with E-state index in [0.717, 1.165) is 17.9 Å². The predicted molar refractivity (Wildman–Crippen MR) is 68.3 cm³/mol. The van der Waals surface area contributed by atoms with Gasteiger partial charge in [0, 0.05) is 19.2 Å². The Hall–Kier alpha value is -1.46. The lowest BCUT2D eigenvalue weighted by Gasteiger charge is -2.11. The van der Waals surface area contributed by atoms with Crippen LogP contribution in [0.25, 0.3) is 0 Å². The third kappa shape index (κ3) is 2.52. The minimum atomic E-state index is -0.702. The van der Waals surface area contributed by atoms with Crippen LogP contribution >= 0.6 is 11.6 Å². The maximum Gasteiger partial charge on any atom is 0.115 e. The molecule has 6 heteroatoms. The Morgan fingerprint density at radius 3 is 2.89 bits per heavy atom. The zero-order valence-corrected chi connectivity index (χ0v) is 11.1. The molecule has 0 fully saturated rings. The molecule has 2 heterocycles. The Balaban J connectivity index is 2.24. The van der Waals surface area contributed by atoms with E-state index in [1.54, 1.807) is 12.3 Å². The first-order valence-corrected chi connectivity index (χ1v) is 6.17. The van der Waals surface area contributed by atoms with Gasteiger partial charge in [-0.15, -0.1) is 0 Å². The maximum atomic E-state index is 10.1. The lowest BCUT2D eigenvalue weighted by molar-refractivity contribution is 0.170. The van der Waals surface area contributed by atoms with Gasteiger partial charge in [-0.3, -0.25) is 4.68 Å². The van der Waals surface area contributed by atoms with Crippen LogP contribution in [0.2, 0.25) is 5.02 Å². The summed E-state index contributed by atoms with van der Waals surface area (Å²) < 4.78 is 1.81. The molecule has 96 valence electrons. The molecule has 0 aliphatic heterocycles. The van der Waals surface area contributed by atoms with Gasteiger partial charge in [-0.1, -0.05) is 11.6 Å². The molecule has 0 aliphatic rings. The molecule has 0 saturated carbocycles. The molecule has 0 aliphatic carbocycles. The van der Waals surface area contributed by atoms with Gasteiger partial charge in [0.2, 0.25) is 0 Å². The average molecular weight is 267 g/mol. The second-order valence-corrected chi connectivity index (χ2v) is 4.39. The molecule has 0 radical (unpaired) electrons. The van der Waals surface area contributed by atoms with Crippen molar-refractivity contribution in [3.63, 3.8) is 0 Å². The van der Waals surface area contributed by atoms with E-state index in [2.05, 4.69) is 15.1 Å². The first-order valence-electron chi connectivity index (χ1n) is 5.79. The van der Waals surface area contributed by atoms with E-state index in [1.807, 2.05) is 18.5 Å². The van der Waals surface area contributed by atoms with E-state index in [0.29, 0.717) is 17.1 Å². The summed E-state index contributed by atoms with van der Waals surface area (Å²) in [6, 6.07) is 1.69. The Kier molecular flexibility index (Phi) is 3.93. The van der Waals surface area contributed by atoms with Gasteiger partial charge in [-0.05, 0) is 19.9 Å². The molecule has 2 rings (SSSR count). The quantitative estimate of drug-likeness (QED) is 0.918. The summed E-state index contributed by atoms with van der Waals surface area (Å²) in [5.74, 6) is 0. The van der Waals surface area contributed by atoms with Gasteiger partial charge < -0.3 is 5.11 Å². The van der Waals surface area contributed by atoms with Crippen LogP contribution in [0.15, 0.2) is 18.6 Å². The minimum Gasteiger partial charge on any atom is -0.386 e. The lowest BCUT2D eigenvalue weighted by atomic mass is 10.1. The molecule has 0 bridgehead atoms. The van der Waals surface area contributed by atoms with Crippen molar-refractivity contribution in [2.45, 2.75) is 32.9 Å². The number of hydrogen-bond donors (Lipinski definition) is 1. The molecule has 1 atom stereocenters. The molecule has 0 spiro atoms. The number of aryl methyl sites for hydroxylation is 2. The molecule has 2 aromatic heterocycles. The number of halogens is 1. The lowest BCUT2D eigenvalue weighted by Crippen LogP contribution is -2.10. The molecule has 2 aromatic rings. The van der Waals surface area contributed by atoms with Gasteiger partial charge in [0.05, 0.1) is 22.1 Å². The van der Waals surface area contributed by atoms with Crippen molar-refractivity contribution in [1.82, 2.24) is 19.7 Å². The summed E-state index contributed by atoms with van der Waals surface area (Å²) in [4.78, 5) is 7.86. The number of nitrogens with zero attached hydrogens (tertiary/aromatic N) is 4. The van der Waals surface area contributed by atoms with Crippen LogP contribution < -0.4 is 0 Å². The van der Waals surface area contributed by atoms with Gasteiger partial charge in [-0.25, -0.2) is 9.97 Å². The fraction of sp³-hybridized carbons (Fsp3) is 0.417. The van der Waals surface area contributed by atoms with Crippen molar-refractivity contribution >= 4 is 11.6 Å². The number of aliphatic hydroxyl groups is 1. The highest BCUT2D eigenvalue weighted by atomic mass is 35.5. The van der Waals surface area contributed by atoms with Gasteiger partial charge in [-0.2, -0.15) is 5.10 Å². The first-order chi connectivity index (χ1) is 8.63. The minimum absolute atomic E-state index is 0.393. The summed E-state index contributed by atoms with van der Waals surface area (Å²) in [5.41, 5.74) is 2.20. The highest BCUT2D eigenvalue weighted by Crippen LogP contribution is 2.25. The van der Waals surface area contributed by atoms with Crippen molar-refractivity contribution < 1.29 is 5.11 Å². The van der Waals surface area contributed by atoms with Crippen LogP contribution in [0.1, 0.15) is 30.1 Å². The number of hydrogen-bond acceptors (Lipinski definition) is 4. The Bertz CT molecular complexity index is 526. The number of rotatable bonds is 4. The molecular weight excluding hydrogens is 252 g/mol. The first kappa shape index (κ1) is 13.0. The fourth-order valence-electron chi connectivity index (χ4n) is 1.85. The van der Waals surface area contributed by atoms with Gasteiger partial charge >= 0.3 is 0 Å². The Morgan fingerprint density at radius 1 is 1.50 bits per heavy atom. The highest BCUT2D eigenvalue weighted by Gasteiger charge is 2.18. The average Bonchev–Trinajstić information content (AvgIpc) is 2.67. The third-order valence-corrected chi connectivity index (χ3v) is 3.28. The summed E-state index contributed by atoms with van der Waals surface area (Å²) >= 11 is 6.20. The van der Waals surface area contributed by atoms with Crippen molar-refractivity contribution in [3.8, 4) is 0 Å². The standard InChI is InChI=1S/C12H15ClN4O/c1-3-17-10(12(13)8(2)16-17)6-11(18)9-4-5-14-7-15-9/h4-5,7,11,18H,3,6H2,1-2H3. The third-order valence-electron chi connectivity index (χ3n) is 2.79. The molecule has 5 nitrogen and oxygen atoms in total. The SMILES string of the molecule is CCn1nc(C)c(Cl)c1CC(O)c1ccncn1. The highest BCUT2D eigenvalue weighted by molar-refractivity contribution is 6.31. The summed E-state index contributed by atoms with van der Waals surface area (Å²) in [5, 5.41) is 15.1. The van der Waals surface area contributed by atoms with Crippen molar-refractivity contribution in [1.29, 1.82) is 0 Å². The summed E-state index contributed by atoms with van der Waals surface area (Å²) in [7, 11) is 0. The molecule has 1 N–H and O–H groups in total. The molecule has 1 unspecified atom stereocenters. The monoisotopic (exact) mass is 266 g/mol.